The number of methoxy groups -OCH3 is 1. The van der Waals surface area contributed by atoms with Crippen LogP contribution >= 0.6 is 0 Å². The SMILES string of the molecule is COc1cccc(-c2cc(C(=O)NC3CCC(F)(F)CC3)n(C)n2)c1. The molecule has 0 spiro atoms. The van der Waals surface area contributed by atoms with Gasteiger partial charge in [0.25, 0.3) is 5.91 Å². The van der Waals surface area contributed by atoms with E-state index in [2.05, 4.69) is 10.4 Å². The second-order valence-corrected chi connectivity index (χ2v) is 6.37. The first-order valence-electron chi connectivity index (χ1n) is 8.25. The number of halogens is 2. The Labute approximate surface area is 145 Å². The molecule has 1 saturated carbocycles. The van der Waals surface area contributed by atoms with Gasteiger partial charge in [-0.25, -0.2) is 8.78 Å². The minimum atomic E-state index is -2.60. The summed E-state index contributed by atoms with van der Waals surface area (Å²) in [6.45, 7) is 0. The third-order valence-electron chi connectivity index (χ3n) is 4.53. The highest BCUT2D eigenvalue weighted by Gasteiger charge is 2.35. The smallest absolute Gasteiger partial charge is 0.269 e. The van der Waals surface area contributed by atoms with Gasteiger partial charge in [-0.2, -0.15) is 5.10 Å². The van der Waals surface area contributed by atoms with Gasteiger partial charge in [0, 0.05) is 31.5 Å². The number of aromatic nitrogens is 2. The van der Waals surface area contributed by atoms with E-state index in [0.717, 1.165) is 5.56 Å². The predicted octanol–water partition coefficient (Wildman–Crippen LogP) is 3.40. The molecule has 1 heterocycles. The molecule has 1 aromatic heterocycles. The molecule has 1 amide bonds. The molecule has 0 radical (unpaired) electrons. The van der Waals surface area contributed by atoms with Gasteiger partial charge in [0.05, 0.1) is 12.8 Å². The molecule has 134 valence electrons. The van der Waals surface area contributed by atoms with Crippen LogP contribution in [0.5, 0.6) is 5.75 Å². The van der Waals surface area contributed by atoms with Crippen molar-refractivity contribution in [2.24, 2.45) is 7.05 Å². The zero-order chi connectivity index (χ0) is 18.0. The fourth-order valence-corrected chi connectivity index (χ4v) is 3.05. The summed E-state index contributed by atoms with van der Waals surface area (Å²) in [5.74, 6) is -2.19. The van der Waals surface area contributed by atoms with Crippen LogP contribution in [0.1, 0.15) is 36.2 Å². The van der Waals surface area contributed by atoms with Gasteiger partial charge in [0.2, 0.25) is 5.92 Å². The molecule has 1 aliphatic carbocycles. The average molecular weight is 349 g/mol. The molecule has 5 nitrogen and oxygen atoms in total. The van der Waals surface area contributed by atoms with Crippen molar-refractivity contribution in [3.05, 3.63) is 36.0 Å². The Balaban J connectivity index is 1.72. The van der Waals surface area contributed by atoms with E-state index in [-0.39, 0.29) is 24.8 Å². The van der Waals surface area contributed by atoms with E-state index in [0.29, 0.717) is 30.0 Å². The van der Waals surface area contributed by atoms with Crippen LogP contribution < -0.4 is 10.1 Å². The van der Waals surface area contributed by atoms with Crippen molar-refractivity contribution >= 4 is 5.91 Å². The van der Waals surface area contributed by atoms with Crippen LogP contribution in [0.2, 0.25) is 0 Å². The number of alkyl halides is 2. The highest BCUT2D eigenvalue weighted by molar-refractivity contribution is 5.93. The van der Waals surface area contributed by atoms with Gasteiger partial charge in [-0.3, -0.25) is 9.48 Å². The summed E-state index contributed by atoms with van der Waals surface area (Å²) in [6, 6.07) is 8.89. The van der Waals surface area contributed by atoms with Crippen molar-refractivity contribution in [1.82, 2.24) is 15.1 Å². The first-order chi connectivity index (χ1) is 11.9. The quantitative estimate of drug-likeness (QED) is 0.920. The van der Waals surface area contributed by atoms with E-state index in [1.807, 2.05) is 24.3 Å². The Morgan fingerprint density at radius 3 is 2.72 bits per heavy atom. The minimum Gasteiger partial charge on any atom is -0.497 e. The van der Waals surface area contributed by atoms with Crippen molar-refractivity contribution in [3.63, 3.8) is 0 Å². The van der Waals surface area contributed by atoms with Crippen molar-refractivity contribution in [2.75, 3.05) is 7.11 Å². The first-order valence-corrected chi connectivity index (χ1v) is 8.25. The second-order valence-electron chi connectivity index (χ2n) is 6.37. The summed E-state index contributed by atoms with van der Waals surface area (Å²) in [5.41, 5.74) is 1.89. The monoisotopic (exact) mass is 349 g/mol. The molecule has 7 heteroatoms. The lowest BCUT2D eigenvalue weighted by Gasteiger charge is -2.28. The fourth-order valence-electron chi connectivity index (χ4n) is 3.05. The maximum absolute atomic E-state index is 13.2. The molecule has 0 bridgehead atoms. The highest BCUT2D eigenvalue weighted by Crippen LogP contribution is 2.33. The summed E-state index contributed by atoms with van der Waals surface area (Å²) in [7, 11) is 3.28. The highest BCUT2D eigenvalue weighted by atomic mass is 19.3. The largest absolute Gasteiger partial charge is 0.497 e. The zero-order valence-electron chi connectivity index (χ0n) is 14.3. The van der Waals surface area contributed by atoms with Crippen LogP contribution in [0.15, 0.2) is 30.3 Å². The molecule has 2 aromatic rings. The van der Waals surface area contributed by atoms with E-state index >= 15 is 0 Å². The second kappa shape index (κ2) is 6.82. The molecule has 0 saturated heterocycles. The van der Waals surface area contributed by atoms with E-state index in [9.17, 15) is 13.6 Å². The molecule has 0 atom stereocenters. The molecule has 1 aromatic carbocycles. The Hall–Kier alpha value is -2.44. The van der Waals surface area contributed by atoms with Crippen LogP contribution in [-0.2, 0) is 7.05 Å². The van der Waals surface area contributed by atoms with Gasteiger partial charge < -0.3 is 10.1 Å². The van der Waals surface area contributed by atoms with E-state index < -0.39 is 5.92 Å². The maximum Gasteiger partial charge on any atom is 0.269 e. The molecular weight excluding hydrogens is 328 g/mol. The standard InChI is InChI=1S/C18H21F2N3O2/c1-23-16(17(24)21-13-6-8-18(19,20)9-7-13)11-15(22-23)12-4-3-5-14(10-12)25-2/h3-5,10-11,13H,6-9H2,1-2H3,(H,21,24). The Morgan fingerprint density at radius 2 is 2.04 bits per heavy atom. The summed E-state index contributed by atoms with van der Waals surface area (Å²) >= 11 is 0. The topological polar surface area (TPSA) is 56.1 Å². The number of hydrogen-bond acceptors (Lipinski definition) is 3. The Kier molecular flexibility index (Phi) is 4.74. The maximum atomic E-state index is 13.2. The number of carbonyl (C=O) groups excluding carboxylic acids is 1. The van der Waals surface area contributed by atoms with E-state index in [1.54, 1.807) is 20.2 Å². The van der Waals surface area contributed by atoms with Gasteiger partial charge in [0.1, 0.15) is 11.4 Å². The molecule has 0 aliphatic heterocycles. The van der Waals surface area contributed by atoms with Gasteiger partial charge >= 0.3 is 0 Å². The van der Waals surface area contributed by atoms with Crippen molar-refractivity contribution < 1.29 is 18.3 Å². The van der Waals surface area contributed by atoms with Gasteiger partial charge in [0.15, 0.2) is 0 Å². The van der Waals surface area contributed by atoms with Crippen LogP contribution in [0.25, 0.3) is 11.3 Å². The number of carbonyl (C=O) groups is 1. The van der Waals surface area contributed by atoms with Crippen LogP contribution in [0, 0.1) is 0 Å². The normalized spacial score (nSPS) is 17.3. The molecule has 1 fully saturated rings. The van der Waals surface area contributed by atoms with Gasteiger partial charge in [-0.15, -0.1) is 0 Å². The molecule has 1 aliphatic rings. The number of rotatable bonds is 4. The van der Waals surface area contributed by atoms with Crippen LogP contribution in [0.3, 0.4) is 0 Å². The van der Waals surface area contributed by atoms with Crippen LogP contribution in [-0.4, -0.2) is 34.8 Å². The van der Waals surface area contributed by atoms with Crippen molar-refractivity contribution in [1.29, 1.82) is 0 Å². The third kappa shape index (κ3) is 3.97. The number of nitrogens with one attached hydrogen (secondary N) is 1. The van der Waals surface area contributed by atoms with Crippen LogP contribution in [0.4, 0.5) is 8.78 Å². The first kappa shape index (κ1) is 17.4. The minimum absolute atomic E-state index is 0.182. The van der Waals surface area contributed by atoms with Gasteiger partial charge in [-0.05, 0) is 31.0 Å². The zero-order valence-corrected chi connectivity index (χ0v) is 14.3. The summed E-state index contributed by atoms with van der Waals surface area (Å²) in [5, 5.41) is 7.22. The number of nitrogens with zero attached hydrogens (tertiary/aromatic N) is 2. The number of aryl methyl sites for hydroxylation is 1. The van der Waals surface area contributed by atoms with Crippen molar-refractivity contribution in [3.8, 4) is 17.0 Å². The molecule has 0 unspecified atom stereocenters. The summed E-state index contributed by atoms with van der Waals surface area (Å²) < 4.78 is 33.1. The molecule has 1 N–H and O–H groups in total. The molecular formula is C18H21F2N3O2. The van der Waals surface area contributed by atoms with E-state index in [4.69, 9.17) is 4.74 Å². The number of benzene rings is 1. The third-order valence-corrected chi connectivity index (χ3v) is 4.53. The average Bonchev–Trinajstić information content (AvgIpc) is 2.99. The summed E-state index contributed by atoms with van der Waals surface area (Å²) in [4.78, 5) is 12.5. The Morgan fingerprint density at radius 1 is 1.32 bits per heavy atom. The molecule has 3 rings (SSSR count). The lowest BCUT2D eigenvalue weighted by Crippen LogP contribution is -2.40. The number of ether oxygens (including phenoxy) is 1. The summed E-state index contributed by atoms with van der Waals surface area (Å²) in [6.07, 6.45) is 0.218. The van der Waals surface area contributed by atoms with Crippen molar-refractivity contribution in [2.45, 2.75) is 37.6 Å². The Bertz CT molecular complexity index is 763. The lowest BCUT2D eigenvalue weighted by atomic mass is 9.92. The van der Waals surface area contributed by atoms with E-state index in [1.165, 1.54) is 4.68 Å². The fraction of sp³-hybridized carbons (Fsp3) is 0.444. The molecule has 25 heavy (non-hydrogen) atoms. The number of amides is 1. The predicted molar refractivity (Wildman–Crippen MR) is 89.9 cm³/mol. The lowest BCUT2D eigenvalue weighted by molar-refractivity contribution is -0.0399. The number of hydrogen-bond donors (Lipinski definition) is 1. The van der Waals surface area contributed by atoms with Gasteiger partial charge in [-0.1, -0.05) is 12.1 Å².